The molecule has 1 N–H and O–H groups in total. The zero-order valence-electron chi connectivity index (χ0n) is 14.2. The minimum absolute atomic E-state index is 0.245. The molecule has 0 saturated carbocycles. The van der Waals surface area contributed by atoms with Crippen LogP contribution in [0, 0.1) is 5.41 Å². The van der Waals surface area contributed by atoms with E-state index in [1.165, 1.54) is 11.3 Å². The molecule has 0 aromatic heterocycles. The van der Waals surface area contributed by atoms with Crippen molar-refractivity contribution < 1.29 is 4.74 Å². The number of hydrogen-bond donors (Lipinski definition) is 1. The van der Waals surface area contributed by atoms with Gasteiger partial charge in [-0.25, -0.2) is 0 Å². The van der Waals surface area contributed by atoms with Gasteiger partial charge in [-0.15, -0.1) is 0 Å². The van der Waals surface area contributed by atoms with Crippen LogP contribution in [0.25, 0.3) is 0 Å². The highest BCUT2D eigenvalue weighted by molar-refractivity contribution is 9.10. The number of halogens is 1. The minimum Gasteiger partial charge on any atom is -0.383 e. The largest absolute Gasteiger partial charge is 0.383 e. The Kier molecular flexibility index (Phi) is 7.17. The third kappa shape index (κ3) is 5.61. The van der Waals surface area contributed by atoms with Crippen molar-refractivity contribution in [3.63, 3.8) is 0 Å². The molecule has 0 aliphatic rings. The van der Waals surface area contributed by atoms with E-state index in [-0.39, 0.29) is 5.41 Å². The van der Waals surface area contributed by atoms with Gasteiger partial charge < -0.3 is 15.0 Å². The SMILES string of the molecule is COCCNCc1ccc(N(C)C(C)C(C)(C)C)c(Br)c1. The van der Waals surface area contributed by atoms with Crippen LogP contribution < -0.4 is 10.2 Å². The zero-order chi connectivity index (χ0) is 16.0. The topological polar surface area (TPSA) is 24.5 Å². The van der Waals surface area contributed by atoms with E-state index >= 15 is 0 Å². The molecular formula is C17H29BrN2O. The van der Waals surface area contributed by atoms with Gasteiger partial charge in [0.1, 0.15) is 0 Å². The molecule has 0 aliphatic carbocycles. The quantitative estimate of drug-likeness (QED) is 0.745. The summed E-state index contributed by atoms with van der Waals surface area (Å²) >= 11 is 3.71. The Labute approximate surface area is 138 Å². The van der Waals surface area contributed by atoms with Crippen molar-refractivity contribution in [2.75, 3.05) is 32.2 Å². The maximum absolute atomic E-state index is 5.03. The molecule has 0 radical (unpaired) electrons. The second kappa shape index (κ2) is 8.16. The molecule has 0 amide bonds. The Morgan fingerprint density at radius 1 is 1.33 bits per heavy atom. The van der Waals surface area contributed by atoms with Crippen molar-refractivity contribution >= 4 is 21.6 Å². The second-order valence-electron chi connectivity index (χ2n) is 6.61. The summed E-state index contributed by atoms with van der Waals surface area (Å²) in [6.45, 7) is 11.6. The summed E-state index contributed by atoms with van der Waals surface area (Å²) in [6, 6.07) is 7.03. The molecule has 1 aromatic carbocycles. The number of hydrogen-bond acceptors (Lipinski definition) is 3. The summed E-state index contributed by atoms with van der Waals surface area (Å²) in [6.07, 6.45) is 0. The molecule has 1 unspecified atom stereocenters. The highest BCUT2D eigenvalue weighted by atomic mass is 79.9. The van der Waals surface area contributed by atoms with Crippen LogP contribution in [0.2, 0.25) is 0 Å². The molecular weight excluding hydrogens is 328 g/mol. The monoisotopic (exact) mass is 356 g/mol. The first-order valence-electron chi connectivity index (χ1n) is 7.48. The molecule has 0 heterocycles. The molecule has 1 aromatic rings. The Bertz CT molecular complexity index is 443. The van der Waals surface area contributed by atoms with Gasteiger partial charge in [-0.05, 0) is 46.0 Å². The van der Waals surface area contributed by atoms with Crippen LogP contribution in [0.4, 0.5) is 5.69 Å². The van der Waals surface area contributed by atoms with Crippen molar-refractivity contribution in [1.29, 1.82) is 0 Å². The van der Waals surface area contributed by atoms with Gasteiger partial charge >= 0.3 is 0 Å². The van der Waals surface area contributed by atoms with Crippen LogP contribution >= 0.6 is 15.9 Å². The van der Waals surface area contributed by atoms with Gasteiger partial charge in [0.25, 0.3) is 0 Å². The van der Waals surface area contributed by atoms with Crippen molar-refractivity contribution in [2.24, 2.45) is 5.41 Å². The van der Waals surface area contributed by atoms with E-state index in [1.807, 2.05) is 0 Å². The van der Waals surface area contributed by atoms with Gasteiger partial charge in [0.05, 0.1) is 12.3 Å². The Morgan fingerprint density at radius 3 is 2.52 bits per heavy atom. The van der Waals surface area contributed by atoms with Crippen LogP contribution in [0.15, 0.2) is 22.7 Å². The van der Waals surface area contributed by atoms with Gasteiger partial charge in [0, 0.05) is 37.8 Å². The number of nitrogens with one attached hydrogen (secondary N) is 1. The first kappa shape index (κ1) is 18.5. The fourth-order valence-corrected chi connectivity index (χ4v) is 2.85. The summed E-state index contributed by atoms with van der Waals surface area (Å²) in [4.78, 5) is 2.34. The predicted octanol–water partition coefficient (Wildman–Crippen LogP) is 4.06. The third-order valence-corrected chi connectivity index (χ3v) is 4.67. The average Bonchev–Trinajstić information content (AvgIpc) is 2.41. The lowest BCUT2D eigenvalue weighted by molar-refractivity contribution is 0.199. The smallest absolute Gasteiger partial charge is 0.0587 e. The van der Waals surface area contributed by atoms with Crippen molar-refractivity contribution in [1.82, 2.24) is 5.32 Å². The molecule has 1 atom stereocenters. The van der Waals surface area contributed by atoms with Crippen LogP contribution in [-0.2, 0) is 11.3 Å². The summed E-state index contributed by atoms with van der Waals surface area (Å²) in [5.41, 5.74) is 2.76. The zero-order valence-corrected chi connectivity index (χ0v) is 15.8. The first-order chi connectivity index (χ1) is 9.77. The molecule has 1 rings (SSSR count). The standard InChI is InChI=1S/C17H29BrN2O/c1-13(17(2,3)4)20(5)16-8-7-14(11-15(16)18)12-19-9-10-21-6/h7-8,11,13,19H,9-10,12H2,1-6H3. The van der Waals surface area contributed by atoms with Crippen molar-refractivity contribution in [2.45, 2.75) is 40.3 Å². The average molecular weight is 357 g/mol. The maximum Gasteiger partial charge on any atom is 0.0587 e. The normalized spacial score (nSPS) is 13.3. The van der Waals surface area contributed by atoms with E-state index in [2.05, 4.69) is 79.1 Å². The maximum atomic E-state index is 5.03. The molecule has 0 fully saturated rings. The Morgan fingerprint density at radius 2 is 2.00 bits per heavy atom. The molecule has 120 valence electrons. The summed E-state index contributed by atoms with van der Waals surface area (Å²) in [7, 11) is 3.88. The number of anilines is 1. The summed E-state index contributed by atoms with van der Waals surface area (Å²) < 4.78 is 6.18. The second-order valence-corrected chi connectivity index (χ2v) is 7.46. The fourth-order valence-electron chi connectivity index (χ4n) is 2.14. The highest BCUT2D eigenvalue weighted by Gasteiger charge is 2.25. The molecule has 21 heavy (non-hydrogen) atoms. The summed E-state index contributed by atoms with van der Waals surface area (Å²) in [5.74, 6) is 0. The lowest BCUT2D eigenvalue weighted by atomic mass is 9.87. The van der Waals surface area contributed by atoms with E-state index in [0.717, 1.165) is 24.2 Å². The van der Waals surface area contributed by atoms with Crippen LogP contribution in [-0.4, -0.2) is 33.4 Å². The van der Waals surface area contributed by atoms with E-state index in [1.54, 1.807) is 7.11 Å². The number of rotatable bonds is 7. The molecule has 0 spiro atoms. The van der Waals surface area contributed by atoms with E-state index in [4.69, 9.17) is 4.74 Å². The van der Waals surface area contributed by atoms with Gasteiger partial charge in [0.15, 0.2) is 0 Å². The molecule has 3 nitrogen and oxygen atoms in total. The van der Waals surface area contributed by atoms with Gasteiger partial charge in [-0.3, -0.25) is 0 Å². The molecule has 0 saturated heterocycles. The number of nitrogens with zero attached hydrogens (tertiary/aromatic N) is 1. The predicted molar refractivity (Wildman–Crippen MR) is 95.0 cm³/mol. The molecule has 0 aliphatic heterocycles. The Hall–Kier alpha value is -0.580. The van der Waals surface area contributed by atoms with Crippen molar-refractivity contribution in [3.8, 4) is 0 Å². The van der Waals surface area contributed by atoms with Crippen LogP contribution in [0.1, 0.15) is 33.3 Å². The number of methoxy groups -OCH3 is 1. The van der Waals surface area contributed by atoms with Gasteiger partial charge in [-0.2, -0.15) is 0 Å². The van der Waals surface area contributed by atoms with Crippen LogP contribution in [0.3, 0.4) is 0 Å². The van der Waals surface area contributed by atoms with E-state index in [0.29, 0.717) is 6.04 Å². The fraction of sp³-hybridized carbons (Fsp3) is 0.647. The first-order valence-corrected chi connectivity index (χ1v) is 8.27. The lowest BCUT2D eigenvalue weighted by Crippen LogP contribution is -2.39. The van der Waals surface area contributed by atoms with Crippen LogP contribution in [0.5, 0.6) is 0 Å². The van der Waals surface area contributed by atoms with E-state index in [9.17, 15) is 0 Å². The molecule has 0 bridgehead atoms. The minimum atomic E-state index is 0.245. The molecule has 4 heteroatoms. The lowest BCUT2D eigenvalue weighted by Gasteiger charge is -2.37. The van der Waals surface area contributed by atoms with E-state index < -0.39 is 0 Å². The summed E-state index contributed by atoms with van der Waals surface area (Å²) in [5, 5.41) is 3.37. The van der Waals surface area contributed by atoms with Gasteiger partial charge in [-0.1, -0.05) is 26.8 Å². The van der Waals surface area contributed by atoms with Gasteiger partial charge in [0.2, 0.25) is 0 Å². The Balaban J connectivity index is 2.74. The number of benzene rings is 1. The van der Waals surface area contributed by atoms with Crippen molar-refractivity contribution in [3.05, 3.63) is 28.2 Å². The number of ether oxygens (including phenoxy) is 1. The highest BCUT2D eigenvalue weighted by Crippen LogP contribution is 2.32. The third-order valence-electron chi connectivity index (χ3n) is 4.04.